The van der Waals surface area contributed by atoms with Gasteiger partial charge in [0.2, 0.25) is 5.95 Å². The summed E-state index contributed by atoms with van der Waals surface area (Å²) in [4.78, 5) is 23.5. The number of carbonyl (C=O) groups is 1. The number of imidazole rings is 1. The summed E-state index contributed by atoms with van der Waals surface area (Å²) in [7, 11) is 0. The lowest BCUT2D eigenvalue weighted by molar-refractivity contribution is -0.142. The van der Waals surface area contributed by atoms with Gasteiger partial charge in [0.25, 0.3) is 0 Å². The molecular weight excluding hydrogens is 334 g/mol. The molecule has 0 bridgehead atoms. The highest BCUT2D eigenvalue weighted by Gasteiger charge is 2.19. The summed E-state index contributed by atoms with van der Waals surface area (Å²) in [6.45, 7) is 6.81. The minimum atomic E-state index is -0.311. The van der Waals surface area contributed by atoms with Crippen LogP contribution in [0.3, 0.4) is 0 Å². The van der Waals surface area contributed by atoms with Crippen LogP contribution in [0, 0.1) is 5.92 Å². The van der Waals surface area contributed by atoms with Crippen molar-refractivity contribution < 1.29 is 14.3 Å². The number of fused-ring (bicyclic) bond motifs is 1. The topological polar surface area (TPSA) is 105 Å². The number of esters is 1. The first kappa shape index (κ1) is 18.4. The molecule has 2 aromatic heterocycles. The van der Waals surface area contributed by atoms with E-state index in [0.717, 1.165) is 6.42 Å². The second kappa shape index (κ2) is 8.25. The van der Waals surface area contributed by atoms with Crippen molar-refractivity contribution in [2.24, 2.45) is 5.92 Å². The molecule has 0 aliphatic heterocycles. The average Bonchev–Trinajstić information content (AvgIpc) is 2.88. The van der Waals surface area contributed by atoms with Gasteiger partial charge in [-0.1, -0.05) is 11.6 Å². The lowest BCUT2D eigenvalue weighted by atomic mass is 10.0. The lowest BCUT2D eigenvalue weighted by Gasteiger charge is -2.21. The minimum absolute atomic E-state index is 0.0443. The van der Waals surface area contributed by atoms with Crippen LogP contribution < -0.4 is 5.73 Å². The standard InChI is InChI=1S/C15H22ClN5O3/c1-4-23-9(2)5-11(7-24-10(3)22)6-21-8-18-12-13(16)19-15(17)20-14(12)21/h8-9,11H,4-7H2,1-3H3,(H2,17,19,20)/t9?,11-/m1/s1. The molecule has 0 aromatic carbocycles. The fraction of sp³-hybridized carbons (Fsp3) is 0.600. The Kier molecular flexibility index (Phi) is 6.33. The summed E-state index contributed by atoms with van der Waals surface area (Å²) < 4.78 is 12.6. The van der Waals surface area contributed by atoms with Gasteiger partial charge in [0, 0.05) is 26.0 Å². The van der Waals surface area contributed by atoms with E-state index in [1.54, 1.807) is 6.33 Å². The van der Waals surface area contributed by atoms with Crippen molar-refractivity contribution in [3.63, 3.8) is 0 Å². The predicted molar refractivity (Wildman–Crippen MR) is 90.6 cm³/mol. The molecule has 0 radical (unpaired) electrons. The number of anilines is 1. The molecule has 0 saturated heterocycles. The van der Waals surface area contributed by atoms with Crippen molar-refractivity contribution in [1.82, 2.24) is 19.5 Å². The van der Waals surface area contributed by atoms with Gasteiger partial charge in [-0.2, -0.15) is 9.97 Å². The Morgan fingerprint density at radius 2 is 2.21 bits per heavy atom. The third kappa shape index (κ3) is 4.78. The van der Waals surface area contributed by atoms with Gasteiger partial charge in [-0.3, -0.25) is 4.79 Å². The van der Waals surface area contributed by atoms with Crippen LogP contribution in [0.2, 0.25) is 5.15 Å². The van der Waals surface area contributed by atoms with E-state index in [-0.39, 0.29) is 29.1 Å². The lowest BCUT2D eigenvalue weighted by Crippen LogP contribution is -2.23. The van der Waals surface area contributed by atoms with Crippen molar-refractivity contribution in [3.05, 3.63) is 11.5 Å². The van der Waals surface area contributed by atoms with Gasteiger partial charge in [-0.05, 0) is 20.3 Å². The fourth-order valence-electron chi connectivity index (χ4n) is 2.59. The molecule has 0 amide bonds. The quantitative estimate of drug-likeness (QED) is 0.570. The van der Waals surface area contributed by atoms with Gasteiger partial charge in [-0.15, -0.1) is 0 Å². The molecule has 0 aliphatic carbocycles. The summed E-state index contributed by atoms with van der Waals surface area (Å²) >= 11 is 6.04. The molecule has 0 spiro atoms. The van der Waals surface area contributed by atoms with Gasteiger partial charge in [-0.25, -0.2) is 4.98 Å². The van der Waals surface area contributed by atoms with Crippen LogP contribution in [0.15, 0.2) is 6.33 Å². The second-order valence-corrected chi connectivity index (χ2v) is 5.97. The highest BCUT2D eigenvalue weighted by molar-refractivity contribution is 6.33. The molecule has 2 rings (SSSR count). The van der Waals surface area contributed by atoms with E-state index in [1.807, 2.05) is 18.4 Å². The molecule has 132 valence electrons. The Morgan fingerprint density at radius 1 is 1.46 bits per heavy atom. The zero-order valence-corrected chi connectivity index (χ0v) is 14.8. The number of rotatable bonds is 8. The number of carbonyl (C=O) groups excluding carboxylic acids is 1. The SMILES string of the molecule is CCOC(C)C[C@@H](COC(C)=O)Cn1cnc2c(Cl)nc(N)nc21. The van der Waals surface area contributed by atoms with Gasteiger partial charge in [0.05, 0.1) is 19.0 Å². The van der Waals surface area contributed by atoms with Crippen LogP contribution in [0.25, 0.3) is 11.2 Å². The maximum absolute atomic E-state index is 11.1. The number of nitrogen functional groups attached to an aromatic ring is 1. The first-order chi connectivity index (χ1) is 11.4. The van der Waals surface area contributed by atoms with Crippen LogP contribution in [0.1, 0.15) is 27.2 Å². The molecule has 0 fully saturated rings. The summed E-state index contributed by atoms with van der Waals surface area (Å²) in [5, 5.41) is 0.218. The molecular formula is C15H22ClN5O3. The first-order valence-corrected chi connectivity index (χ1v) is 8.17. The Balaban J connectivity index is 2.19. The van der Waals surface area contributed by atoms with Crippen molar-refractivity contribution in [3.8, 4) is 0 Å². The molecule has 2 heterocycles. The van der Waals surface area contributed by atoms with E-state index >= 15 is 0 Å². The molecule has 0 saturated carbocycles. The summed E-state index contributed by atoms with van der Waals surface area (Å²) in [5.41, 5.74) is 6.72. The van der Waals surface area contributed by atoms with E-state index < -0.39 is 0 Å². The third-order valence-corrected chi connectivity index (χ3v) is 3.80. The minimum Gasteiger partial charge on any atom is -0.466 e. The Labute approximate surface area is 145 Å². The molecule has 8 nitrogen and oxygen atoms in total. The average molecular weight is 356 g/mol. The van der Waals surface area contributed by atoms with Gasteiger partial charge in [0.15, 0.2) is 10.8 Å². The molecule has 2 N–H and O–H groups in total. The normalized spacial score (nSPS) is 13.8. The van der Waals surface area contributed by atoms with Gasteiger partial charge < -0.3 is 19.8 Å². The highest BCUT2D eigenvalue weighted by atomic mass is 35.5. The van der Waals surface area contributed by atoms with E-state index in [9.17, 15) is 4.79 Å². The van der Waals surface area contributed by atoms with Crippen molar-refractivity contribution in [2.75, 3.05) is 18.9 Å². The number of ether oxygens (including phenoxy) is 2. The van der Waals surface area contributed by atoms with Crippen molar-refractivity contribution in [1.29, 1.82) is 0 Å². The molecule has 24 heavy (non-hydrogen) atoms. The Morgan fingerprint density at radius 3 is 2.88 bits per heavy atom. The number of nitrogens with zero attached hydrogens (tertiary/aromatic N) is 4. The van der Waals surface area contributed by atoms with E-state index in [2.05, 4.69) is 15.0 Å². The van der Waals surface area contributed by atoms with Crippen LogP contribution in [-0.2, 0) is 20.8 Å². The van der Waals surface area contributed by atoms with Crippen LogP contribution in [-0.4, -0.2) is 44.8 Å². The van der Waals surface area contributed by atoms with Crippen LogP contribution >= 0.6 is 11.6 Å². The third-order valence-electron chi connectivity index (χ3n) is 3.53. The maximum Gasteiger partial charge on any atom is 0.302 e. The van der Waals surface area contributed by atoms with Gasteiger partial charge in [0.1, 0.15) is 5.52 Å². The number of hydrogen-bond donors (Lipinski definition) is 1. The van der Waals surface area contributed by atoms with Crippen LogP contribution in [0.5, 0.6) is 0 Å². The molecule has 0 aliphatic rings. The van der Waals surface area contributed by atoms with Crippen LogP contribution in [0.4, 0.5) is 5.95 Å². The molecule has 2 aromatic rings. The number of hydrogen-bond acceptors (Lipinski definition) is 7. The molecule has 2 atom stereocenters. The first-order valence-electron chi connectivity index (χ1n) is 7.79. The number of aromatic nitrogens is 4. The van der Waals surface area contributed by atoms with E-state index in [0.29, 0.717) is 30.9 Å². The summed E-state index contributed by atoms with van der Waals surface area (Å²) in [6, 6.07) is 0. The predicted octanol–water partition coefficient (Wildman–Crippen LogP) is 2.06. The highest BCUT2D eigenvalue weighted by Crippen LogP contribution is 2.22. The molecule has 1 unspecified atom stereocenters. The smallest absolute Gasteiger partial charge is 0.302 e. The summed E-state index contributed by atoms with van der Waals surface area (Å²) in [5.74, 6) is -0.176. The number of nitrogens with two attached hydrogens (primary N) is 1. The zero-order chi connectivity index (χ0) is 17.7. The monoisotopic (exact) mass is 355 g/mol. The number of halogens is 1. The summed E-state index contributed by atoms with van der Waals surface area (Å²) in [6.07, 6.45) is 2.42. The fourth-order valence-corrected chi connectivity index (χ4v) is 2.81. The van der Waals surface area contributed by atoms with Crippen molar-refractivity contribution >= 4 is 34.7 Å². The van der Waals surface area contributed by atoms with E-state index in [4.69, 9.17) is 26.8 Å². The van der Waals surface area contributed by atoms with E-state index in [1.165, 1.54) is 6.92 Å². The Hall–Kier alpha value is -1.93. The Bertz CT molecular complexity index is 706. The second-order valence-electron chi connectivity index (χ2n) is 5.61. The molecule has 9 heteroatoms. The zero-order valence-electron chi connectivity index (χ0n) is 14.0. The van der Waals surface area contributed by atoms with Gasteiger partial charge >= 0.3 is 5.97 Å². The van der Waals surface area contributed by atoms with Crippen molar-refractivity contribution in [2.45, 2.75) is 39.8 Å². The maximum atomic E-state index is 11.1. The largest absolute Gasteiger partial charge is 0.466 e.